The maximum absolute atomic E-state index is 11.9. The summed E-state index contributed by atoms with van der Waals surface area (Å²) in [4.78, 5) is 22.0. The number of halogens is 2. The first-order valence-corrected chi connectivity index (χ1v) is 6.90. The van der Waals surface area contributed by atoms with Gasteiger partial charge >= 0.3 is 0 Å². The third-order valence-corrected chi connectivity index (χ3v) is 3.84. The molecule has 20 heavy (non-hydrogen) atoms. The Kier molecular flexibility index (Phi) is 4.59. The molecular formula is C12H7Cl2NO4S. The van der Waals surface area contributed by atoms with Crippen molar-refractivity contribution in [2.24, 2.45) is 0 Å². The maximum Gasteiger partial charge on any atom is 0.273 e. The Balaban J connectivity index is 2.05. The van der Waals surface area contributed by atoms with E-state index in [1.807, 2.05) is 0 Å². The summed E-state index contributed by atoms with van der Waals surface area (Å²) in [6, 6.07) is 7.06. The number of thiophene rings is 1. The number of Topliss-reactive ketones (excluding diaryl/α,β-unsaturated/α-hetero) is 1. The molecule has 0 spiro atoms. The number of benzene rings is 1. The normalized spacial score (nSPS) is 10.3. The van der Waals surface area contributed by atoms with Gasteiger partial charge in [0.05, 0.1) is 20.9 Å². The van der Waals surface area contributed by atoms with Crippen molar-refractivity contribution in [2.75, 3.05) is 6.61 Å². The summed E-state index contributed by atoms with van der Waals surface area (Å²) in [5.74, 6) is -0.102. The molecule has 0 amide bonds. The van der Waals surface area contributed by atoms with Gasteiger partial charge in [0, 0.05) is 6.07 Å². The van der Waals surface area contributed by atoms with Crippen LogP contribution in [0.1, 0.15) is 10.4 Å². The van der Waals surface area contributed by atoms with E-state index in [1.54, 1.807) is 0 Å². The molecule has 2 aromatic rings. The molecule has 1 aromatic heterocycles. The first-order valence-electron chi connectivity index (χ1n) is 5.32. The number of ether oxygens (including phenoxy) is 1. The van der Waals surface area contributed by atoms with Crippen LogP contribution < -0.4 is 4.74 Å². The summed E-state index contributed by atoms with van der Waals surface area (Å²) in [5, 5.41) is 10.6. The number of ketones is 1. The number of carbonyl (C=O) groups excluding carboxylic acids is 1. The lowest BCUT2D eigenvalue weighted by molar-refractivity contribution is -0.384. The SMILES string of the molecule is O=C(COc1cccc([N+](=O)[O-])c1)c1cc(Cl)sc1Cl. The fourth-order valence-electron chi connectivity index (χ4n) is 1.44. The molecule has 8 heteroatoms. The van der Waals surface area contributed by atoms with E-state index in [4.69, 9.17) is 27.9 Å². The van der Waals surface area contributed by atoms with E-state index in [0.717, 1.165) is 11.3 Å². The molecule has 0 N–H and O–H groups in total. The minimum Gasteiger partial charge on any atom is -0.485 e. The predicted octanol–water partition coefficient (Wildman–Crippen LogP) is 4.22. The van der Waals surface area contributed by atoms with Gasteiger partial charge in [-0.3, -0.25) is 14.9 Å². The van der Waals surface area contributed by atoms with Gasteiger partial charge in [-0.25, -0.2) is 0 Å². The number of nitrogens with zero attached hydrogens (tertiary/aromatic N) is 1. The number of hydrogen-bond donors (Lipinski definition) is 0. The van der Waals surface area contributed by atoms with E-state index >= 15 is 0 Å². The van der Waals surface area contributed by atoms with Gasteiger partial charge in [0.25, 0.3) is 5.69 Å². The largest absolute Gasteiger partial charge is 0.485 e. The zero-order chi connectivity index (χ0) is 14.7. The molecule has 1 aromatic carbocycles. The van der Waals surface area contributed by atoms with Crippen LogP contribution in [0, 0.1) is 10.1 Å². The highest BCUT2D eigenvalue weighted by molar-refractivity contribution is 7.20. The number of nitro groups is 1. The molecule has 0 saturated carbocycles. The van der Waals surface area contributed by atoms with E-state index < -0.39 is 4.92 Å². The highest BCUT2D eigenvalue weighted by Gasteiger charge is 2.15. The topological polar surface area (TPSA) is 69.4 Å². The first kappa shape index (κ1) is 14.8. The van der Waals surface area contributed by atoms with Crippen LogP contribution >= 0.6 is 34.5 Å². The minimum absolute atomic E-state index is 0.105. The van der Waals surface area contributed by atoms with Gasteiger partial charge in [-0.1, -0.05) is 29.3 Å². The van der Waals surface area contributed by atoms with E-state index in [-0.39, 0.29) is 29.4 Å². The highest BCUT2D eigenvalue weighted by Crippen LogP contribution is 2.31. The fraction of sp³-hybridized carbons (Fsp3) is 0.0833. The van der Waals surface area contributed by atoms with E-state index in [1.165, 1.54) is 30.3 Å². The third-order valence-electron chi connectivity index (χ3n) is 2.36. The predicted molar refractivity (Wildman–Crippen MR) is 77.3 cm³/mol. The first-order chi connectivity index (χ1) is 9.47. The number of carbonyl (C=O) groups is 1. The highest BCUT2D eigenvalue weighted by atomic mass is 35.5. The van der Waals surface area contributed by atoms with Crippen molar-refractivity contribution in [1.82, 2.24) is 0 Å². The van der Waals surface area contributed by atoms with Crippen molar-refractivity contribution in [3.63, 3.8) is 0 Å². The van der Waals surface area contributed by atoms with E-state index in [2.05, 4.69) is 0 Å². The molecule has 0 radical (unpaired) electrons. The van der Waals surface area contributed by atoms with Crippen molar-refractivity contribution in [3.8, 4) is 5.75 Å². The van der Waals surface area contributed by atoms with Crippen molar-refractivity contribution in [2.45, 2.75) is 0 Å². The summed E-state index contributed by atoms with van der Waals surface area (Å²) < 4.78 is 5.93. The van der Waals surface area contributed by atoms with Gasteiger partial charge in [-0.2, -0.15) is 0 Å². The molecule has 0 saturated heterocycles. The standard InChI is InChI=1S/C12H7Cl2NO4S/c13-11-5-9(12(14)20-11)10(16)6-19-8-3-1-2-7(4-8)15(17)18/h1-5H,6H2. The van der Waals surface area contributed by atoms with Gasteiger partial charge in [-0.05, 0) is 12.1 Å². The van der Waals surface area contributed by atoms with Gasteiger partial charge in [-0.15, -0.1) is 11.3 Å². The number of nitro benzene ring substituents is 1. The molecule has 104 valence electrons. The van der Waals surface area contributed by atoms with Gasteiger partial charge < -0.3 is 4.74 Å². The Labute approximate surface area is 127 Å². The lowest BCUT2D eigenvalue weighted by Crippen LogP contribution is -2.11. The second kappa shape index (κ2) is 6.21. The molecule has 0 aliphatic rings. The molecule has 0 bridgehead atoms. The Hall–Kier alpha value is -1.63. The minimum atomic E-state index is -0.538. The fourth-order valence-corrected chi connectivity index (χ4v) is 2.94. The average molecular weight is 332 g/mol. The molecule has 0 aliphatic heterocycles. The Morgan fingerprint density at radius 2 is 2.10 bits per heavy atom. The lowest BCUT2D eigenvalue weighted by atomic mass is 10.2. The summed E-state index contributed by atoms with van der Waals surface area (Å²) in [7, 11) is 0. The van der Waals surface area contributed by atoms with Gasteiger partial charge in [0.15, 0.2) is 6.61 Å². The molecule has 1 heterocycles. The molecule has 0 unspecified atom stereocenters. The lowest BCUT2D eigenvalue weighted by Gasteiger charge is -2.04. The summed E-state index contributed by atoms with van der Waals surface area (Å²) in [6.07, 6.45) is 0. The van der Waals surface area contributed by atoms with Crippen LogP contribution in [0.25, 0.3) is 0 Å². The average Bonchev–Trinajstić information content (AvgIpc) is 2.75. The van der Waals surface area contributed by atoms with Crippen LogP contribution in [-0.2, 0) is 0 Å². The third kappa shape index (κ3) is 3.47. The Morgan fingerprint density at radius 3 is 2.70 bits per heavy atom. The summed E-state index contributed by atoms with van der Waals surface area (Å²) in [6.45, 7) is -0.270. The molecule has 0 aliphatic carbocycles. The van der Waals surface area contributed by atoms with Crippen LogP contribution in [-0.4, -0.2) is 17.3 Å². The summed E-state index contributed by atoms with van der Waals surface area (Å²) in [5.41, 5.74) is 0.179. The van der Waals surface area contributed by atoms with Crippen molar-refractivity contribution >= 4 is 46.0 Å². The Morgan fingerprint density at radius 1 is 1.35 bits per heavy atom. The van der Waals surface area contributed by atoms with Crippen LogP contribution in [0.2, 0.25) is 8.67 Å². The van der Waals surface area contributed by atoms with Crippen LogP contribution in [0.5, 0.6) is 5.75 Å². The maximum atomic E-state index is 11.9. The molecule has 2 rings (SSSR count). The molecule has 5 nitrogen and oxygen atoms in total. The Bertz CT molecular complexity index is 671. The number of non-ortho nitro benzene ring substituents is 1. The number of rotatable bonds is 5. The van der Waals surface area contributed by atoms with Crippen LogP contribution in [0.4, 0.5) is 5.69 Å². The van der Waals surface area contributed by atoms with E-state index in [0.29, 0.717) is 8.67 Å². The zero-order valence-corrected chi connectivity index (χ0v) is 12.2. The molecule has 0 atom stereocenters. The van der Waals surface area contributed by atoms with Gasteiger partial charge in [0.1, 0.15) is 10.1 Å². The smallest absolute Gasteiger partial charge is 0.273 e. The van der Waals surface area contributed by atoms with Crippen molar-refractivity contribution < 1.29 is 14.5 Å². The summed E-state index contributed by atoms with van der Waals surface area (Å²) >= 11 is 12.7. The number of hydrogen-bond acceptors (Lipinski definition) is 5. The second-order valence-corrected chi connectivity index (χ2v) is 5.99. The molecule has 0 fully saturated rings. The molecular weight excluding hydrogens is 325 g/mol. The monoisotopic (exact) mass is 331 g/mol. The quantitative estimate of drug-likeness (QED) is 0.467. The van der Waals surface area contributed by atoms with Crippen molar-refractivity contribution in [3.05, 3.63) is 54.7 Å². The van der Waals surface area contributed by atoms with E-state index in [9.17, 15) is 14.9 Å². The van der Waals surface area contributed by atoms with Gasteiger partial charge in [0.2, 0.25) is 5.78 Å². The van der Waals surface area contributed by atoms with Crippen LogP contribution in [0.3, 0.4) is 0 Å². The zero-order valence-electron chi connectivity index (χ0n) is 9.84. The van der Waals surface area contributed by atoms with Crippen molar-refractivity contribution in [1.29, 1.82) is 0 Å². The second-order valence-electron chi connectivity index (χ2n) is 3.70. The van der Waals surface area contributed by atoms with Crippen LogP contribution in [0.15, 0.2) is 30.3 Å².